The van der Waals surface area contributed by atoms with Crippen molar-refractivity contribution >= 4 is 46.4 Å². The first-order valence-electron chi connectivity index (χ1n) is 17.6. The first-order valence-corrected chi connectivity index (χ1v) is 17.9. The number of para-hydroxylation sites is 1. The molecule has 5 rings (SSSR count). The van der Waals surface area contributed by atoms with Gasteiger partial charge in [-0.1, -0.05) is 29.8 Å². The van der Waals surface area contributed by atoms with Gasteiger partial charge in [0.25, 0.3) is 11.8 Å². The fraction of sp³-hybridized carbons (Fsp3) is 0.385. The number of aryl methyl sites for hydroxylation is 2. The molecule has 12 heteroatoms. The highest BCUT2D eigenvalue weighted by molar-refractivity contribution is 6.32. The van der Waals surface area contributed by atoms with Crippen LogP contribution >= 0.6 is 11.6 Å². The number of anilines is 4. The van der Waals surface area contributed by atoms with E-state index in [9.17, 15) is 9.59 Å². The maximum absolute atomic E-state index is 13.7. The summed E-state index contributed by atoms with van der Waals surface area (Å²) in [6.45, 7) is 15.2. The Morgan fingerprint density at radius 3 is 2.25 bits per heavy atom. The molecule has 1 aliphatic heterocycles. The van der Waals surface area contributed by atoms with Crippen molar-refractivity contribution in [3.63, 3.8) is 0 Å². The normalized spacial score (nSPS) is 13.3. The SMILES string of the molecule is CCN(CC)C(=O)c1ccc(Oc2nc(Nc3ccc(N4CCN(CCCN(C)C)CC4)cc3)ncc2C(=O)Nc2c(C)cccc2C)c(Cl)c1. The van der Waals surface area contributed by atoms with E-state index in [4.69, 9.17) is 16.3 Å². The summed E-state index contributed by atoms with van der Waals surface area (Å²) in [6, 6.07) is 18.8. The second kappa shape index (κ2) is 17.5. The Morgan fingerprint density at radius 1 is 0.941 bits per heavy atom. The largest absolute Gasteiger partial charge is 0.436 e. The maximum atomic E-state index is 13.7. The van der Waals surface area contributed by atoms with E-state index in [0.29, 0.717) is 24.3 Å². The van der Waals surface area contributed by atoms with Crippen molar-refractivity contribution in [3.05, 3.63) is 94.1 Å². The third kappa shape index (κ3) is 9.75. The summed E-state index contributed by atoms with van der Waals surface area (Å²) in [5.41, 5.74) is 5.07. The molecular formula is C39H49ClN8O3. The van der Waals surface area contributed by atoms with Gasteiger partial charge in [0.05, 0.1) is 5.02 Å². The van der Waals surface area contributed by atoms with Crippen molar-refractivity contribution in [2.45, 2.75) is 34.1 Å². The van der Waals surface area contributed by atoms with Gasteiger partial charge >= 0.3 is 0 Å². The number of piperazine rings is 1. The number of nitrogens with one attached hydrogen (secondary N) is 2. The number of amides is 2. The molecule has 0 unspecified atom stereocenters. The minimum atomic E-state index is -0.430. The number of aromatic nitrogens is 2. The highest BCUT2D eigenvalue weighted by atomic mass is 35.5. The molecule has 51 heavy (non-hydrogen) atoms. The van der Waals surface area contributed by atoms with Gasteiger partial charge in [0.15, 0.2) is 0 Å². The molecule has 3 aromatic carbocycles. The lowest BCUT2D eigenvalue weighted by Gasteiger charge is -2.36. The van der Waals surface area contributed by atoms with Crippen LogP contribution in [0.3, 0.4) is 0 Å². The third-order valence-electron chi connectivity index (χ3n) is 9.09. The summed E-state index contributed by atoms with van der Waals surface area (Å²) in [5.74, 6) is -0.0426. The molecule has 0 radical (unpaired) electrons. The highest BCUT2D eigenvalue weighted by Crippen LogP contribution is 2.33. The molecule has 0 aliphatic carbocycles. The maximum Gasteiger partial charge on any atom is 0.262 e. The monoisotopic (exact) mass is 712 g/mol. The fourth-order valence-corrected chi connectivity index (χ4v) is 6.31. The lowest BCUT2D eigenvalue weighted by Crippen LogP contribution is -2.46. The van der Waals surface area contributed by atoms with E-state index < -0.39 is 5.91 Å². The van der Waals surface area contributed by atoms with E-state index in [-0.39, 0.29) is 34.1 Å². The molecule has 1 saturated heterocycles. The second-order valence-corrected chi connectivity index (χ2v) is 13.4. The van der Waals surface area contributed by atoms with Crippen LogP contribution in [0.15, 0.2) is 66.9 Å². The van der Waals surface area contributed by atoms with Gasteiger partial charge in [-0.3, -0.25) is 14.5 Å². The van der Waals surface area contributed by atoms with Crippen molar-refractivity contribution in [2.75, 3.05) is 82.0 Å². The van der Waals surface area contributed by atoms with Crippen LogP contribution in [0.2, 0.25) is 5.02 Å². The number of halogens is 1. The van der Waals surface area contributed by atoms with Crippen molar-refractivity contribution < 1.29 is 14.3 Å². The van der Waals surface area contributed by atoms with Crippen LogP contribution in [0, 0.1) is 13.8 Å². The fourth-order valence-electron chi connectivity index (χ4n) is 6.09. The van der Waals surface area contributed by atoms with E-state index in [1.807, 2.05) is 58.0 Å². The molecule has 1 aliphatic rings. The number of hydrogen-bond donors (Lipinski definition) is 2. The summed E-state index contributed by atoms with van der Waals surface area (Å²) in [4.78, 5) is 44.6. The van der Waals surface area contributed by atoms with Gasteiger partial charge in [-0.2, -0.15) is 4.98 Å². The number of nitrogens with zero attached hydrogens (tertiary/aromatic N) is 6. The Bertz CT molecular complexity index is 1780. The smallest absolute Gasteiger partial charge is 0.262 e. The van der Waals surface area contributed by atoms with E-state index in [1.165, 1.54) is 12.6 Å². The average molecular weight is 713 g/mol. The standard InChI is InChI=1S/C39H49ClN8O3/c1-7-47(8-2)38(50)29-13-18-34(33(40)25-29)51-37-32(36(49)43-35-27(3)11-9-12-28(35)4)26-41-39(44-37)42-30-14-16-31(17-15-30)48-23-21-46(22-24-48)20-10-19-45(5)6/h9,11-18,25-26H,7-8,10,19-24H2,1-6H3,(H,43,49)(H,41,42,44). The zero-order valence-corrected chi connectivity index (χ0v) is 31.3. The molecule has 2 heterocycles. The Labute approximate surface area is 306 Å². The van der Waals surface area contributed by atoms with Crippen LogP contribution in [-0.2, 0) is 0 Å². The minimum Gasteiger partial charge on any atom is -0.436 e. The topological polar surface area (TPSA) is 106 Å². The van der Waals surface area contributed by atoms with Crippen molar-refractivity contribution in [1.82, 2.24) is 24.7 Å². The molecule has 2 N–H and O–H groups in total. The molecule has 11 nitrogen and oxygen atoms in total. The first-order chi connectivity index (χ1) is 24.6. The number of carbonyl (C=O) groups excluding carboxylic acids is 2. The average Bonchev–Trinajstić information content (AvgIpc) is 3.12. The van der Waals surface area contributed by atoms with E-state index >= 15 is 0 Å². The summed E-state index contributed by atoms with van der Waals surface area (Å²) >= 11 is 6.64. The van der Waals surface area contributed by atoms with Crippen LogP contribution in [0.5, 0.6) is 11.6 Å². The van der Waals surface area contributed by atoms with Gasteiger partial charge < -0.3 is 30.1 Å². The predicted octanol–water partition coefficient (Wildman–Crippen LogP) is 7.09. The number of carbonyl (C=O) groups is 2. The van der Waals surface area contributed by atoms with Crippen LogP contribution in [0.1, 0.15) is 52.1 Å². The lowest BCUT2D eigenvalue weighted by molar-refractivity contribution is 0.0772. The number of ether oxygens (including phenoxy) is 1. The van der Waals surface area contributed by atoms with E-state index in [0.717, 1.165) is 61.8 Å². The Morgan fingerprint density at radius 2 is 1.63 bits per heavy atom. The van der Waals surface area contributed by atoms with Crippen LogP contribution < -0.4 is 20.3 Å². The van der Waals surface area contributed by atoms with Gasteiger partial charge in [0.2, 0.25) is 11.8 Å². The highest BCUT2D eigenvalue weighted by Gasteiger charge is 2.22. The van der Waals surface area contributed by atoms with Gasteiger partial charge in [0.1, 0.15) is 11.3 Å². The predicted molar refractivity (Wildman–Crippen MR) is 206 cm³/mol. The van der Waals surface area contributed by atoms with Crippen LogP contribution in [-0.4, -0.2) is 103 Å². The summed E-state index contributed by atoms with van der Waals surface area (Å²) in [7, 11) is 4.23. The molecule has 0 atom stereocenters. The second-order valence-electron chi connectivity index (χ2n) is 13.0. The minimum absolute atomic E-state index is 0.0148. The zero-order chi connectivity index (χ0) is 36.5. The molecule has 2 amide bonds. The summed E-state index contributed by atoms with van der Waals surface area (Å²) in [5, 5.41) is 6.46. The van der Waals surface area contributed by atoms with Gasteiger partial charge in [-0.15, -0.1) is 0 Å². The molecule has 1 fully saturated rings. The van der Waals surface area contributed by atoms with Gasteiger partial charge in [-0.25, -0.2) is 4.98 Å². The molecule has 0 spiro atoms. The molecule has 270 valence electrons. The third-order valence-corrected chi connectivity index (χ3v) is 9.39. The van der Waals surface area contributed by atoms with Gasteiger partial charge in [-0.05, 0) is 115 Å². The Balaban J connectivity index is 1.34. The number of benzene rings is 3. The molecule has 0 saturated carbocycles. The Hall–Kier alpha value is -4.71. The van der Waals surface area contributed by atoms with Crippen molar-refractivity contribution in [3.8, 4) is 11.6 Å². The van der Waals surface area contributed by atoms with E-state index in [1.54, 1.807) is 23.1 Å². The van der Waals surface area contributed by atoms with Crippen LogP contribution in [0.25, 0.3) is 0 Å². The Kier molecular flexibility index (Phi) is 12.9. The zero-order valence-electron chi connectivity index (χ0n) is 30.5. The van der Waals surface area contributed by atoms with E-state index in [2.05, 4.69) is 61.5 Å². The summed E-state index contributed by atoms with van der Waals surface area (Å²) < 4.78 is 6.21. The molecule has 4 aromatic rings. The van der Waals surface area contributed by atoms with Crippen molar-refractivity contribution in [1.29, 1.82) is 0 Å². The van der Waals surface area contributed by atoms with Gasteiger partial charge in [0, 0.05) is 68.1 Å². The first kappa shape index (κ1) is 37.5. The summed E-state index contributed by atoms with van der Waals surface area (Å²) in [6.07, 6.45) is 2.61. The van der Waals surface area contributed by atoms with Crippen LogP contribution in [0.4, 0.5) is 23.0 Å². The van der Waals surface area contributed by atoms with Crippen molar-refractivity contribution in [2.24, 2.45) is 0 Å². The quantitative estimate of drug-likeness (QED) is 0.142. The molecule has 1 aromatic heterocycles. The molecular weight excluding hydrogens is 664 g/mol. The lowest BCUT2D eigenvalue weighted by atomic mass is 10.1. The number of hydrogen-bond acceptors (Lipinski definition) is 9. The molecule has 0 bridgehead atoms. The number of rotatable bonds is 14.